The molecule has 0 aliphatic heterocycles. The van der Waals surface area contributed by atoms with Gasteiger partial charge < -0.3 is 5.73 Å². The van der Waals surface area contributed by atoms with Crippen molar-refractivity contribution in [2.45, 2.75) is 11.4 Å². The Balaban J connectivity index is 2.39. The Labute approximate surface area is 124 Å². The minimum absolute atomic E-state index is 0.0924. The van der Waals surface area contributed by atoms with Crippen LogP contribution in [0, 0.1) is 5.82 Å². The monoisotopic (exact) mass is 359 g/mol. The number of pyridine rings is 1. The molecule has 5 nitrogen and oxygen atoms in total. The summed E-state index contributed by atoms with van der Waals surface area (Å²) in [6, 6.07) is 7.00. The highest BCUT2D eigenvalue weighted by Gasteiger charge is 2.20. The summed E-state index contributed by atoms with van der Waals surface area (Å²) >= 11 is 3.16. The number of nitrogens with zero attached hydrogens (tertiary/aromatic N) is 1. The van der Waals surface area contributed by atoms with Gasteiger partial charge >= 0.3 is 0 Å². The highest BCUT2D eigenvalue weighted by atomic mass is 79.9. The maximum absolute atomic E-state index is 13.8. The van der Waals surface area contributed by atoms with Crippen LogP contribution in [0.4, 0.5) is 10.2 Å². The van der Waals surface area contributed by atoms with Gasteiger partial charge in [0.2, 0.25) is 0 Å². The minimum Gasteiger partial charge on any atom is -0.326 e. The van der Waals surface area contributed by atoms with Gasteiger partial charge in [-0.3, -0.25) is 4.72 Å². The first-order valence-corrected chi connectivity index (χ1v) is 7.83. The maximum Gasteiger partial charge on any atom is 0.265 e. The molecule has 0 saturated heterocycles. The molecule has 0 atom stereocenters. The summed E-state index contributed by atoms with van der Waals surface area (Å²) < 4.78 is 40.8. The summed E-state index contributed by atoms with van der Waals surface area (Å²) in [6.45, 7) is 0.135. The molecule has 20 heavy (non-hydrogen) atoms. The van der Waals surface area contributed by atoms with Crippen LogP contribution in [0.3, 0.4) is 0 Å². The van der Waals surface area contributed by atoms with E-state index >= 15 is 0 Å². The number of hydrogen-bond donors (Lipinski definition) is 2. The van der Waals surface area contributed by atoms with Crippen molar-refractivity contribution >= 4 is 31.8 Å². The minimum atomic E-state index is -4.05. The third-order valence-corrected chi connectivity index (χ3v) is 4.52. The second-order valence-electron chi connectivity index (χ2n) is 3.91. The van der Waals surface area contributed by atoms with Crippen molar-refractivity contribution in [3.63, 3.8) is 0 Å². The lowest BCUT2D eigenvalue weighted by Gasteiger charge is -2.10. The van der Waals surface area contributed by atoms with E-state index in [1.54, 1.807) is 12.1 Å². The van der Waals surface area contributed by atoms with Crippen LogP contribution in [0.1, 0.15) is 5.56 Å². The zero-order valence-corrected chi connectivity index (χ0v) is 12.6. The quantitative estimate of drug-likeness (QED) is 0.876. The molecule has 2 aromatic rings. The van der Waals surface area contributed by atoms with Gasteiger partial charge in [-0.25, -0.2) is 17.8 Å². The largest absolute Gasteiger partial charge is 0.326 e. The molecule has 0 amide bonds. The van der Waals surface area contributed by atoms with Crippen molar-refractivity contribution in [3.8, 4) is 0 Å². The highest BCUT2D eigenvalue weighted by molar-refractivity contribution is 9.10. The second-order valence-corrected chi connectivity index (χ2v) is 6.41. The van der Waals surface area contributed by atoms with Crippen molar-refractivity contribution in [1.29, 1.82) is 0 Å². The predicted octanol–water partition coefficient (Wildman–Crippen LogP) is 2.24. The number of rotatable bonds is 4. The first kappa shape index (κ1) is 14.9. The first-order chi connectivity index (χ1) is 9.44. The van der Waals surface area contributed by atoms with Crippen LogP contribution in [-0.4, -0.2) is 13.4 Å². The number of benzene rings is 1. The zero-order valence-electron chi connectivity index (χ0n) is 10.2. The van der Waals surface area contributed by atoms with Crippen molar-refractivity contribution in [1.82, 2.24) is 4.98 Å². The molecule has 1 heterocycles. The predicted molar refractivity (Wildman–Crippen MR) is 77.0 cm³/mol. The van der Waals surface area contributed by atoms with E-state index in [9.17, 15) is 12.8 Å². The Morgan fingerprint density at radius 1 is 1.35 bits per heavy atom. The van der Waals surface area contributed by atoms with Crippen molar-refractivity contribution in [2.75, 3.05) is 4.72 Å². The molecule has 0 aliphatic carbocycles. The first-order valence-electron chi connectivity index (χ1n) is 5.56. The fraction of sp³-hybridized carbons (Fsp3) is 0.0833. The number of anilines is 1. The zero-order chi connectivity index (χ0) is 14.8. The molecule has 0 saturated carbocycles. The maximum atomic E-state index is 13.8. The smallest absolute Gasteiger partial charge is 0.265 e. The topological polar surface area (TPSA) is 85.1 Å². The summed E-state index contributed by atoms with van der Waals surface area (Å²) in [5, 5.41) is 0. The van der Waals surface area contributed by atoms with Crippen LogP contribution in [0.15, 0.2) is 45.9 Å². The SMILES string of the molecule is NCc1ccc(S(=O)(=O)Nc2ncccc2Br)c(F)c1. The molecular formula is C12H11BrFN3O2S. The van der Waals surface area contributed by atoms with Gasteiger partial charge in [0.25, 0.3) is 10.0 Å². The molecule has 106 valence electrons. The average Bonchev–Trinajstić information content (AvgIpc) is 2.40. The molecule has 0 radical (unpaired) electrons. The third kappa shape index (κ3) is 3.14. The number of aromatic nitrogens is 1. The summed E-state index contributed by atoms with van der Waals surface area (Å²) in [6.07, 6.45) is 1.43. The van der Waals surface area contributed by atoms with Crippen LogP contribution in [0.2, 0.25) is 0 Å². The summed E-state index contributed by atoms with van der Waals surface area (Å²) in [4.78, 5) is 3.42. The van der Waals surface area contributed by atoms with E-state index in [0.717, 1.165) is 6.07 Å². The fourth-order valence-electron chi connectivity index (χ4n) is 1.53. The van der Waals surface area contributed by atoms with Crippen LogP contribution in [-0.2, 0) is 16.6 Å². The summed E-state index contributed by atoms with van der Waals surface area (Å²) in [5.41, 5.74) is 5.89. The molecule has 1 aromatic heterocycles. The van der Waals surface area contributed by atoms with Gasteiger partial charge in [-0.2, -0.15) is 0 Å². The number of nitrogens with two attached hydrogens (primary N) is 1. The van der Waals surface area contributed by atoms with E-state index in [1.807, 2.05) is 0 Å². The third-order valence-electron chi connectivity index (χ3n) is 2.51. The molecule has 0 fully saturated rings. The summed E-state index contributed by atoms with van der Waals surface area (Å²) in [7, 11) is -4.05. The molecule has 0 aliphatic rings. The Morgan fingerprint density at radius 2 is 2.10 bits per heavy atom. The second kappa shape index (κ2) is 5.86. The van der Waals surface area contributed by atoms with Crippen LogP contribution in [0.25, 0.3) is 0 Å². The summed E-state index contributed by atoms with van der Waals surface area (Å²) in [5.74, 6) is -0.762. The van der Waals surface area contributed by atoms with E-state index in [1.165, 1.54) is 18.3 Å². The highest BCUT2D eigenvalue weighted by Crippen LogP contribution is 2.23. The molecule has 3 N–H and O–H groups in total. The van der Waals surface area contributed by atoms with Gasteiger partial charge in [-0.1, -0.05) is 6.07 Å². The van der Waals surface area contributed by atoms with Crippen LogP contribution >= 0.6 is 15.9 Å². The number of halogens is 2. The number of nitrogens with one attached hydrogen (secondary N) is 1. The van der Waals surface area contributed by atoms with Gasteiger partial charge in [-0.15, -0.1) is 0 Å². The normalized spacial score (nSPS) is 11.3. The van der Waals surface area contributed by atoms with E-state index in [4.69, 9.17) is 5.73 Å². The molecule has 0 unspecified atom stereocenters. The van der Waals surface area contributed by atoms with E-state index < -0.39 is 20.7 Å². The van der Waals surface area contributed by atoms with Gasteiger partial charge in [0.05, 0.1) is 4.47 Å². The molecule has 8 heteroatoms. The lowest BCUT2D eigenvalue weighted by molar-refractivity contribution is 0.569. The Kier molecular flexibility index (Phi) is 4.36. The van der Waals surface area contributed by atoms with Crippen molar-refractivity contribution in [3.05, 3.63) is 52.4 Å². The lowest BCUT2D eigenvalue weighted by atomic mass is 10.2. The molecule has 2 rings (SSSR count). The van der Waals surface area contributed by atoms with Gasteiger partial charge in [0.15, 0.2) is 5.82 Å². The standard InChI is InChI=1S/C12H11BrFN3O2S/c13-9-2-1-5-16-12(9)17-20(18,19)11-4-3-8(7-15)6-10(11)14/h1-6H,7,15H2,(H,16,17). The van der Waals surface area contributed by atoms with Crippen molar-refractivity contribution < 1.29 is 12.8 Å². The van der Waals surface area contributed by atoms with E-state index in [-0.39, 0.29) is 12.4 Å². The Bertz CT molecular complexity index is 737. The number of sulfonamides is 1. The fourth-order valence-corrected chi connectivity index (χ4v) is 3.11. The number of hydrogen-bond acceptors (Lipinski definition) is 4. The van der Waals surface area contributed by atoms with Gasteiger partial charge in [0, 0.05) is 12.7 Å². The molecule has 0 bridgehead atoms. The Morgan fingerprint density at radius 3 is 2.70 bits per heavy atom. The van der Waals surface area contributed by atoms with E-state index in [2.05, 4.69) is 25.6 Å². The molecule has 1 aromatic carbocycles. The van der Waals surface area contributed by atoms with Gasteiger partial charge in [0.1, 0.15) is 10.7 Å². The van der Waals surface area contributed by atoms with E-state index in [0.29, 0.717) is 10.0 Å². The Hall–Kier alpha value is -1.51. The average molecular weight is 360 g/mol. The van der Waals surface area contributed by atoms with Crippen LogP contribution in [0.5, 0.6) is 0 Å². The lowest BCUT2D eigenvalue weighted by Crippen LogP contribution is -2.16. The molecular weight excluding hydrogens is 349 g/mol. The molecule has 0 spiro atoms. The van der Waals surface area contributed by atoms with Crippen LogP contribution < -0.4 is 10.5 Å². The van der Waals surface area contributed by atoms with Crippen molar-refractivity contribution in [2.24, 2.45) is 5.73 Å². The van der Waals surface area contributed by atoms with Gasteiger partial charge in [-0.05, 0) is 45.8 Å².